The van der Waals surface area contributed by atoms with Crippen LogP contribution >= 0.6 is 0 Å². The molecule has 26 heavy (non-hydrogen) atoms. The van der Waals surface area contributed by atoms with Gasteiger partial charge in [0.2, 0.25) is 0 Å². The summed E-state index contributed by atoms with van der Waals surface area (Å²) in [4.78, 5) is 9.23. The Bertz CT molecular complexity index is 982. The van der Waals surface area contributed by atoms with Gasteiger partial charge < -0.3 is 11.1 Å². The first-order valence-corrected chi connectivity index (χ1v) is 8.79. The largest absolute Gasteiger partial charge is 0.382 e. The van der Waals surface area contributed by atoms with Crippen molar-refractivity contribution in [3.8, 4) is 6.07 Å². The molecule has 3 aromatic heterocycles. The van der Waals surface area contributed by atoms with Crippen LogP contribution in [0.1, 0.15) is 41.6 Å². The van der Waals surface area contributed by atoms with Gasteiger partial charge >= 0.3 is 0 Å². The molecule has 0 bridgehead atoms. The Kier molecular flexibility index (Phi) is 5.03. The number of nitrogens with zero attached hydrogens (tertiary/aromatic N) is 5. The van der Waals surface area contributed by atoms with Gasteiger partial charge in [0.05, 0.1) is 5.69 Å². The maximum absolute atomic E-state index is 9.48. The van der Waals surface area contributed by atoms with Crippen molar-refractivity contribution in [2.45, 2.75) is 40.0 Å². The van der Waals surface area contributed by atoms with Crippen LogP contribution in [-0.4, -0.2) is 26.1 Å². The van der Waals surface area contributed by atoms with E-state index in [-0.39, 0.29) is 0 Å². The zero-order valence-electron chi connectivity index (χ0n) is 15.4. The van der Waals surface area contributed by atoms with Crippen molar-refractivity contribution >= 4 is 17.3 Å². The lowest BCUT2D eigenvalue weighted by atomic mass is 10.2. The van der Waals surface area contributed by atoms with Crippen LogP contribution < -0.4 is 11.1 Å². The van der Waals surface area contributed by atoms with Gasteiger partial charge in [-0.25, -0.2) is 4.98 Å². The second-order valence-corrected chi connectivity index (χ2v) is 6.33. The Morgan fingerprint density at radius 3 is 2.62 bits per heavy atom. The lowest BCUT2D eigenvalue weighted by molar-refractivity contribution is 0.852. The molecule has 0 aromatic carbocycles. The Morgan fingerprint density at radius 1 is 1.19 bits per heavy atom. The predicted octanol–water partition coefficient (Wildman–Crippen LogP) is 2.80. The number of rotatable bonds is 6. The fraction of sp³-hybridized carbons (Fsp3) is 0.368. The van der Waals surface area contributed by atoms with E-state index in [9.17, 15) is 5.26 Å². The molecule has 0 radical (unpaired) electrons. The first-order valence-electron chi connectivity index (χ1n) is 8.79. The summed E-state index contributed by atoms with van der Waals surface area (Å²) in [6.45, 7) is 6.61. The highest BCUT2D eigenvalue weighted by atomic mass is 15.3. The van der Waals surface area contributed by atoms with Crippen molar-refractivity contribution in [3.63, 3.8) is 0 Å². The Hall–Kier alpha value is -3.14. The summed E-state index contributed by atoms with van der Waals surface area (Å²) in [6, 6.07) is 8.24. The minimum atomic E-state index is 0.305. The van der Waals surface area contributed by atoms with Gasteiger partial charge in [0.15, 0.2) is 5.65 Å². The van der Waals surface area contributed by atoms with E-state index in [1.54, 1.807) is 0 Å². The number of nitrogens with one attached hydrogen (secondary N) is 1. The zero-order valence-corrected chi connectivity index (χ0v) is 15.4. The summed E-state index contributed by atoms with van der Waals surface area (Å²) in [5.41, 5.74) is 11.1. The van der Waals surface area contributed by atoms with E-state index >= 15 is 0 Å². The number of aryl methyl sites for hydroxylation is 3. The second kappa shape index (κ2) is 7.40. The van der Waals surface area contributed by atoms with Crippen molar-refractivity contribution < 1.29 is 0 Å². The van der Waals surface area contributed by atoms with Crippen LogP contribution in [0.4, 0.5) is 11.6 Å². The van der Waals surface area contributed by atoms with Crippen molar-refractivity contribution in [2.75, 3.05) is 17.6 Å². The summed E-state index contributed by atoms with van der Waals surface area (Å²) < 4.78 is 1.53. The molecule has 3 rings (SSSR count). The van der Waals surface area contributed by atoms with E-state index in [0.717, 1.165) is 41.9 Å². The van der Waals surface area contributed by atoms with Crippen LogP contribution in [0, 0.1) is 25.2 Å². The standard InChI is InChI=1S/C19H23N7/c1-4-6-14-7-5-8-15(23-14)9-10-22-18-16(11-20)17(21)26-19(24-18)12(2)13(3)25-26/h5,7-8H,4,6,9-10,21H2,1-3H3,(H,22,24). The topological polar surface area (TPSA) is 105 Å². The average Bonchev–Trinajstić information content (AvgIpc) is 2.91. The van der Waals surface area contributed by atoms with Crippen LogP contribution in [-0.2, 0) is 12.8 Å². The van der Waals surface area contributed by atoms with Crippen LogP contribution in [0.25, 0.3) is 5.65 Å². The molecule has 0 aliphatic heterocycles. The molecule has 3 aromatic rings. The fourth-order valence-corrected chi connectivity index (χ4v) is 2.89. The zero-order chi connectivity index (χ0) is 18.7. The Labute approximate surface area is 152 Å². The predicted molar refractivity (Wildman–Crippen MR) is 102 cm³/mol. The van der Waals surface area contributed by atoms with Crippen molar-refractivity contribution in [1.29, 1.82) is 5.26 Å². The fourth-order valence-electron chi connectivity index (χ4n) is 2.89. The molecule has 0 spiro atoms. The second-order valence-electron chi connectivity index (χ2n) is 6.33. The van der Waals surface area contributed by atoms with Crippen LogP contribution in [0.2, 0.25) is 0 Å². The van der Waals surface area contributed by atoms with E-state index in [2.05, 4.69) is 39.4 Å². The molecule has 0 saturated carbocycles. The summed E-state index contributed by atoms with van der Waals surface area (Å²) in [5.74, 6) is 0.796. The van der Waals surface area contributed by atoms with Crippen LogP contribution in [0.3, 0.4) is 0 Å². The monoisotopic (exact) mass is 349 g/mol. The van der Waals surface area contributed by atoms with Gasteiger partial charge in [0, 0.05) is 29.9 Å². The normalized spacial score (nSPS) is 10.8. The van der Waals surface area contributed by atoms with Gasteiger partial charge in [0.1, 0.15) is 23.3 Å². The number of aromatic nitrogens is 4. The van der Waals surface area contributed by atoms with Gasteiger partial charge in [-0.2, -0.15) is 14.9 Å². The van der Waals surface area contributed by atoms with Gasteiger partial charge in [-0.3, -0.25) is 4.98 Å². The van der Waals surface area contributed by atoms with Crippen molar-refractivity contribution in [3.05, 3.63) is 46.4 Å². The number of hydrogen-bond acceptors (Lipinski definition) is 6. The van der Waals surface area contributed by atoms with Crippen molar-refractivity contribution in [2.24, 2.45) is 0 Å². The van der Waals surface area contributed by atoms with Gasteiger partial charge in [-0.1, -0.05) is 19.4 Å². The summed E-state index contributed by atoms with van der Waals surface area (Å²) >= 11 is 0. The van der Waals surface area contributed by atoms with Crippen molar-refractivity contribution in [1.82, 2.24) is 19.6 Å². The molecule has 0 aliphatic carbocycles. The van der Waals surface area contributed by atoms with E-state index < -0.39 is 0 Å². The molecule has 0 atom stereocenters. The lowest BCUT2D eigenvalue weighted by Gasteiger charge is -2.10. The highest BCUT2D eigenvalue weighted by Crippen LogP contribution is 2.24. The smallest absolute Gasteiger partial charge is 0.162 e. The number of nitrogens with two attached hydrogens (primary N) is 1. The van der Waals surface area contributed by atoms with E-state index in [1.807, 2.05) is 26.0 Å². The third kappa shape index (κ3) is 3.31. The minimum absolute atomic E-state index is 0.305. The SMILES string of the molecule is CCCc1cccc(CCNc2nc3c(C)c(C)nn3c(N)c2C#N)n1. The molecule has 0 saturated heterocycles. The molecule has 3 heterocycles. The number of hydrogen-bond donors (Lipinski definition) is 2. The average molecular weight is 349 g/mol. The first-order chi connectivity index (χ1) is 12.5. The quantitative estimate of drug-likeness (QED) is 0.709. The van der Waals surface area contributed by atoms with Gasteiger partial charge in [0.25, 0.3) is 0 Å². The maximum Gasteiger partial charge on any atom is 0.162 e. The molecule has 7 nitrogen and oxygen atoms in total. The molecular weight excluding hydrogens is 326 g/mol. The van der Waals surface area contributed by atoms with Crippen LogP contribution in [0.5, 0.6) is 0 Å². The van der Waals surface area contributed by atoms with E-state index in [4.69, 9.17) is 5.73 Å². The van der Waals surface area contributed by atoms with E-state index in [0.29, 0.717) is 29.4 Å². The number of nitrogen functional groups attached to an aromatic ring is 1. The summed E-state index contributed by atoms with van der Waals surface area (Å²) in [5, 5.41) is 17.1. The summed E-state index contributed by atoms with van der Waals surface area (Å²) in [7, 11) is 0. The molecule has 3 N–H and O–H groups in total. The molecule has 7 heteroatoms. The number of pyridine rings is 1. The van der Waals surface area contributed by atoms with Gasteiger partial charge in [-0.15, -0.1) is 0 Å². The number of fused-ring (bicyclic) bond motifs is 1. The first kappa shape index (κ1) is 17.7. The highest BCUT2D eigenvalue weighted by Gasteiger charge is 2.16. The molecular formula is C19H23N7. The number of anilines is 2. The number of nitriles is 1. The van der Waals surface area contributed by atoms with Gasteiger partial charge in [-0.05, 0) is 32.4 Å². The molecule has 0 amide bonds. The Morgan fingerprint density at radius 2 is 1.92 bits per heavy atom. The molecule has 0 aliphatic rings. The minimum Gasteiger partial charge on any atom is -0.382 e. The molecule has 0 unspecified atom stereocenters. The third-order valence-electron chi connectivity index (χ3n) is 4.42. The van der Waals surface area contributed by atoms with Crippen LogP contribution in [0.15, 0.2) is 18.2 Å². The van der Waals surface area contributed by atoms with E-state index in [1.165, 1.54) is 4.52 Å². The Balaban J connectivity index is 1.81. The third-order valence-corrected chi connectivity index (χ3v) is 4.42. The lowest BCUT2D eigenvalue weighted by Crippen LogP contribution is -2.13. The summed E-state index contributed by atoms with van der Waals surface area (Å²) in [6.07, 6.45) is 2.80. The maximum atomic E-state index is 9.48. The molecule has 0 fully saturated rings. The highest BCUT2D eigenvalue weighted by molar-refractivity contribution is 5.69. The molecule has 134 valence electrons.